The molecule has 0 amide bonds. The minimum atomic E-state index is -1.14. The van der Waals surface area contributed by atoms with Crippen molar-refractivity contribution >= 4 is 18.2 Å². The Morgan fingerprint density at radius 1 is 1.62 bits per heavy atom. The van der Waals surface area contributed by atoms with Crippen molar-refractivity contribution in [2.45, 2.75) is 19.4 Å². The van der Waals surface area contributed by atoms with Crippen LogP contribution in [0.4, 0.5) is 0 Å². The lowest BCUT2D eigenvalue weighted by Gasteiger charge is -2.12. The molecule has 0 unspecified atom stereocenters. The molecule has 3 nitrogen and oxygen atoms in total. The molecule has 0 atom stereocenters. The first-order chi connectivity index (χ1) is 2.94. The van der Waals surface area contributed by atoms with Crippen LogP contribution in [-0.2, 0) is 0 Å². The Balaban J connectivity index is 0. The van der Waals surface area contributed by atoms with Crippen LogP contribution in [0.3, 0.4) is 0 Å². The van der Waals surface area contributed by atoms with Gasteiger partial charge in [0, 0.05) is 0 Å². The standard InChI is InChI=1S/C4H10N2O.ClH/c1-4(2,7)3(5)6;/h7H,1-2H3,(H3,5,6);1H. The predicted molar refractivity (Wildman–Crippen MR) is 35.5 cm³/mol. The fraction of sp³-hybridized carbons (Fsp3) is 0.750. The van der Waals surface area contributed by atoms with Crippen LogP contribution in [0.2, 0.25) is 0 Å². The maximum absolute atomic E-state index is 8.75. The zero-order valence-corrected chi connectivity index (χ0v) is 5.75. The summed E-state index contributed by atoms with van der Waals surface area (Å²) in [7, 11) is 0. The van der Waals surface area contributed by atoms with Crippen LogP contribution < -0.4 is 5.73 Å². The van der Waals surface area contributed by atoms with Crippen LogP contribution in [0.1, 0.15) is 13.8 Å². The molecule has 0 aliphatic rings. The van der Waals surface area contributed by atoms with Gasteiger partial charge in [-0.05, 0) is 13.8 Å². The van der Waals surface area contributed by atoms with Crippen molar-refractivity contribution in [3.63, 3.8) is 0 Å². The number of halogens is 1. The second-order valence-electron chi connectivity index (χ2n) is 1.97. The normalized spacial score (nSPS) is 9.88. The number of hydrogen-bond acceptors (Lipinski definition) is 2. The van der Waals surface area contributed by atoms with E-state index in [0.29, 0.717) is 0 Å². The molecule has 0 rings (SSSR count). The smallest absolute Gasteiger partial charge is 0.123 e. The van der Waals surface area contributed by atoms with Crippen molar-refractivity contribution in [3.05, 3.63) is 0 Å². The van der Waals surface area contributed by atoms with Gasteiger partial charge >= 0.3 is 0 Å². The highest BCUT2D eigenvalue weighted by atomic mass is 35.5. The molecule has 0 spiro atoms. The molecular weight excluding hydrogens is 128 g/mol. The van der Waals surface area contributed by atoms with Crippen molar-refractivity contribution in [3.8, 4) is 0 Å². The van der Waals surface area contributed by atoms with E-state index in [4.69, 9.17) is 16.2 Å². The fourth-order valence-corrected chi connectivity index (χ4v) is 0. The summed E-state index contributed by atoms with van der Waals surface area (Å²) >= 11 is 0. The highest BCUT2D eigenvalue weighted by Gasteiger charge is 2.14. The first-order valence-electron chi connectivity index (χ1n) is 2.01. The molecule has 0 fully saturated rings. The van der Waals surface area contributed by atoms with Crippen LogP contribution in [0.25, 0.3) is 0 Å². The summed E-state index contributed by atoms with van der Waals surface area (Å²) in [6, 6.07) is 0. The van der Waals surface area contributed by atoms with E-state index < -0.39 is 5.60 Å². The Bertz CT molecular complexity index is 86.5. The van der Waals surface area contributed by atoms with Gasteiger partial charge in [-0.1, -0.05) is 0 Å². The van der Waals surface area contributed by atoms with Gasteiger partial charge in [0.15, 0.2) is 0 Å². The SMILES string of the molecule is CC(C)(O)C(=N)N.Cl. The second-order valence-corrected chi connectivity index (χ2v) is 1.97. The molecule has 0 saturated heterocycles. The summed E-state index contributed by atoms with van der Waals surface area (Å²) in [5.74, 6) is -0.201. The fourth-order valence-electron chi connectivity index (χ4n) is 0. The summed E-state index contributed by atoms with van der Waals surface area (Å²) < 4.78 is 0. The maximum Gasteiger partial charge on any atom is 0.123 e. The zero-order valence-electron chi connectivity index (χ0n) is 4.93. The summed E-state index contributed by atoms with van der Waals surface area (Å²) in [5, 5.41) is 15.4. The van der Waals surface area contributed by atoms with E-state index in [0.717, 1.165) is 0 Å². The van der Waals surface area contributed by atoms with E-state index in [2.05, 4.69) is 0 Å². The maximum atomic E-state index is 8.75. The number of nitrogens with one attached hydrogen (secondary N) is 1. The predicted octanol–water partition coefficient (Wildman–Crippen LogP) is 0.115. The molecule has 8 heavy (non-hydrogen) atoms. The number of aliphatic hydroxyl groups is 1. The Kier molecular flexibility index (Phi) is 3.85. The molecule has 0 bridgehead atoms. The van der Waals surface area contributed by atoms with Crippen LogP contribution in [0, 0.1) is 5.41 Å². The Hall–Kier alpha value is -0.280. The van der Waals surface area contributed by atoms with Crippen molar-refractivity contribution in [1.29, 1.82) is 5.41 Å². The molecule has 0 aliphatic heterocycles. The van der Waals surface area contributed by atoms with Gasteiger partial charge in [0.25, 0.3) is 0 Å². The number of nitrogens with two attached hydrogens (primary N) is 1. The van der Waals surface area contributed by atoms with Crippen molar-refractivity contribution in [1.82, 2.24) is 0 Å². The van der Waals surface area contributed by atoms with E-state index in [1.165, 1.54) is 13.8 Å². The van der Waals surface area contributed by atoms with Gasteiger partial charge in [-0.3, -0.25) is 5.41 Å². The van der Waals surface area contributed by atoms with Gasteiger partial charge in [0.2, 0.25) is 0 Å². The number of hydrogen-bond donors (Lipinski definition) is 3. The summed E-state index contributed by atoms with van der Waals surface area (Å²) in [5.41, 5.74) is 3.76. The molecule has 0 aliphatic carbocycles. The third kappa shape index (κ3) is 3.89. The lowest BCUT2D eigenvalue weighted by Crippen LogP contribution is -2.36. The molecule has 0 aromatic rings. The molecule has 4 N–H and O–H groups in total. The van der Waals surface area contributed by atoms with E-state index >= 15 is 0 Å². The van der Waals surface area contributed by atoms with E-state index in [1.54, 1.807) is 0 Å². The van der Waals surface area contributed by atoms with Crippen LogP contribution in [0.15, 0.2) is 0 Å². The summed E-state index contributed by atoms with van der Waals surface area (Å²) in [6.07, 6.45) is 0. The molecule has 0 saturated carbocycles. The van der Waals surface area contributed by atoms with E-state index in [9.17, 15) is 0 Å². The minimum Gasteiger partial charge on any atom is -0.385 e. The van der Waals surface area contributed by atoms with Gasteiger partial charge < -0.3 is 10.8 Å². The topological polar surface area (TPSA) is 70.1 Å². The third-order valence-electron chi connectivity index (χ3n) is 0.659. The average Bonchev–Trinajstić information content (AvgIpc) is 1.31. The van der Waals surface area contributed by atoms with Crippen molar-refractivity contribution in [2.75, 3.05) is 0 Å². The molecule has 0 aromatic carbocycles. The third-order valence-corrected chi connectivity index (χ3v) is 0.659. The second kappa shape index (κ2) is 2.89. The molecule has 0 radical (unpaired) electrons. The largest absolute Gasteiger partial charge is 0.385 e. The quantitative estimate of drug-likeness (QED) is 0.356. The first-order valence-corrected chi connectivity index (χ1v) is 2.01. The Labute approximate surface area is 54.8 Å². The van der Waals surface area contributed by atoms with Gasteiger partial charge in [0.05, 0.1) is 0 Å². The average molecular weight is 139 g/mol. The van der Waals surface area contributed by atoms with Gasteiger partial charge in [0.1, 0.15) is 11.4 Å². The Morgan fingerprint density at radius 3 is 1.75 bits per heavy atom. The van der Waals surface area contributed by atoms with Gasteiger partial charge in [-0.15, -0.1) is 12.4 Å². The number of rotatable bonds is 1. The van der Waals surface area contributed by atoms with Crippen molar-refractivity contribution < 1.29 is 5.11 Å². The van der Waals surface area contributed by atoms with E-state index in [1.807, 2.05) is 0 Å². The van der Waals surface area contributed by atoms with Crippen LogP contribution >= 0.6 is 12.4 Å². The monoisotopic (exact) mass is 138 g/mol. The first kappa shape index (κ1) is 10.7. The van der Waals surface area contributed by atoms with Crippen LogP contribution in [0.5, 0.6) is 0 Å². The lowest BCUT2D eigenvalue weighted by molar-refractivity contribution is 0.151. The highest BCUT2D eigenvalue weighted by molar-refractivity contribution is 5.85. The number of amidine groups is 1. The van der Waals surface area contributed by atoms with Crippen molar-refractivity contribution in [2.24, 2.45) is 5.73 Å². The Morgan fingerprint density at radius 2 is 1.75 bits per heavy atom. The molecule has 4 heteroatoms. The van der Waals surface area contributed by atoms with Crippen LogP contribution in [-0.4, -0.2) is 16.5 Å². The summed E-state index contributed by atoms with van der Waals surface area (Å²) in [6.45, 7) is 2.94. The van der Waals surface area contributed by atoms with Gasteiger partial charge in [-0.25, -0.2) is 0 Å². The zero-order chi connectivity index (χ0) is 6.08. The highest BCUT2D eigenvalue weighted by Crippen LogP contribution is 1.96. The van der Waals surface area contributed by atoms with Gasteiger partial charge in [-0.2, -0.15) is 0 Å². The molecular formula is C4H11ClN2O. The summed E-state index contributed by atoms with van der Waals surface area (Å²) in [4.78, 5) is 0. The molecule has 50 valence electrons. The molecule has 0 aromatic heterocycles. The molecule has 0 heterocycles. The lowest BCUT2D eigenvalue weighted by atomic mass is 10.1. The minimum absolute atomic E-state index is 0. The van der Waals surface area contributed by atoms with E-state index in [-0.39, 0.29) is 18.2 Å².